The molecule has 3 rings (SSSR count). The molecule has 0 aromatic heterocycles. The van der Waals surface area contributed by atoms with Crippen LogP contribution in [0.3, 0.4) is 0 Å². The van der Waals surface area contributed by atoms with Gasteiger partial charge < -0.3 is 0 Å². The van der Waals surface area contributed by atoms with E-state index in [1.165, 1.54) is 28.5 Å². The first-order chi connectivity index (χ1) is 11.4. The van der Waals surface area contributed by atoms with Gasteiger partial charge in [0.05, 0.1) is 10.6 Å². The molecule has 1 fully saturated rings. The summed E-state index contributed by atoms with van der Waals surface area (Å²) in [7, 11) is 1.77. The van der Waals surface area contributed by atoms with Gasteiger partial charge in [-0.2, -0.15) is 0 Å². The normalized spacial score (nSPS) is 18.0. The van der Waals surface area contributed by atoms with Gasteiger partial charge in [0.1, 0.15) is 0 Å². The maximum absolute atomic E-state index is 12.5. The molecule has 1 heterocycles. The fraction of sp³-hybridized carbons (Fsp3) is 0.200. The van der Waals surface area contributed by atoms with Crippen molar-refractivity contribution in [2.75, 3.05) is 7.05 Å². The van der Waals surface area contributed by atoms with Crippen LogP contribution in [0.5, 0.6) is 0 Å². The Balaban J connectivity index is 1.89. The summed E-state index contributed by atoms with van der Waals surface area (Å²) in [4.78, 5) is 19.4. The van der Waals surface area contributed by atoms with E-state index < -0.39 is 0 Å². The number of aryl methyl sites for hydroxylation is 3. The van der Waals surface area contributed by atoms with Crippen molar-refractivity contribution < 1.29 is 4.79 Å². The van der Waals surface area contributed by atoms with Crippen LogP contribution in [-0.2, 0) is 4.79 Å². The van der Waals surface area contributed by atoms with Crippen LogP contribution < -0.4 is 0 Å². The summed E-state index contributed by atoms with van der Waals surface area (Å²) in [6.07, 6.45) is 1.92. The molecule has 122 valence electrons. The van der Waals surface area contributed by atoms with Gasteiger partial charge in [-0.25, -0.2) is 4.99 Å². The largest absolute Gasteiger partial charge is 0.290 e. The molecule has 3 nitrogen and oxygen atoms in total. The summed E-state index contributed by atoms with van der Waals surface area (Å²) in [5, 5.41) is 0.710. The average Bonchev–Trinajstić information content (AvgIpc) is 2.81. The molecule has 1 aliphatic heterocycles. The van der Waals surface area contributed by atoms with Gasteiger partial charge in [0, 0.05) is 7.05 Å². The number of nitrogens with zero attached hydrogens (tertiary/aromatic N) is 2. The zero-order chi connectivity index (χ0) is 17.3. The van der Waals surface area contributed by atoms with Crippen molar-refractivity contribution in [1.82, 2.24) is 4.90 Å². The predicted molar refractivity (Wildman–Crippen MR) is 103 cm³/mol. The first kappa shape index (κ1) is 16.5. The zero-order valence-corrected chi connectivity index (χ0v) is 15.1. The van der Waals surface area contributed by atoms with Crippen molar-refractivity contribution in [3.8, 4) is 0 Å². The van der Waals surface area contributed by atoms with Crippen molar-refractivity contribution in [2.45, 2.75) is 20.8 Å². The molecule has 0 radical (unpaired) electrons. The summed E-state index contributed by atoms with van der Waals surface area (Å²) in [5.74, 6) is -0.0110. The van der Waals surface area contributed by atoms with Crippen molar-refractivity contribution in [2.24, 2.45) is 4.99 Å². The fourth-order valence-corrected chi connectivity index (χ4v) is 3.36. The number of amidine groups is 1. The number of aliphatic imine (C=N–C) groups is 1. The van der Waals surface area contributed by atoms with Crippen LogP contribution in [0.2, 0.25) is 0 Å². The fourth-order valence-electron chi connectivity index (χ4n) is 2.37. The second-order valence-corrected chi connectivity index (χ2v) is 7.06. The molecule has 0 aliphatic carbocycles. The second-order valence-electron chi connectivity index (χ2n) is 6.05. The summed E-state index contributed by atoms with van der Waals surface area (Å²) < 4.78 is 0. The number of likely N-dealkylation sites (N-methyl/N-ethyl adjacent to an activating group) is 1. The number of rotatable bonds is 2. The lowest BCUT2D eigenvalue weighted by Crippen LogP contribution is -2.23. The summed E-state index contributed by atoms with van der Waals surface area (Å²) in [6.45, 7) is 6.20. The highest BCUT2D eigenvalue weighted by atomic mass is 32.2. The minimum atomic E-state index is -0.0110. The minimum absolute atomic E-state index is 0.0110. The van der Waals surface area contributed by atoms with E-state index in [9.17, 15) is 4.79 Å². The Kier molecular flexibility index (Phi) is 4.58. The Labute approximate surface area is 147 Å². The first-order valence-corrected chi connectivity index (χ1v) is 8.66. The van der Waals surface area contributed by atoms with Crippen molar-refractivity contribution in [3.63, 3.8) is 0 Å². The highest BCUT2D eigenvalue weighted by molar-refractivity contribution is 8.18. The maximum Gasteiger partial charge on any atom is 0.266 e. The lowest BCUT2D eigenvalue weighted by molar-refractivity contribution is -0.121. The molecule has 0 saturated carbocycles. The van der Waals surface area contributed by atoms with Crippen LogP contribution in [0.4, 0.5) is 5.69 Å². The number of carbonyl (C=O) groups excluding carboxylic acids is 1. The van der Waals surface area contributed by atoms with Crippen LogP contribution in [0.1, 0.15) is 22.3 Å². The first-order valence-electron chi connectivity index (χ1n) is 7.84. The smallest absolute Gasteiger partial charge is 0.266 e. The van der Waals surface area contributed by atoms with Gasteiger partial charge in [-0.3, -0.25) is 9.69 Å². The molecule has 1 aliphatic rings. The molecular formula is C20H20N2OS. The van der Waals surface area contributed by atoms with E-state index in [0.29, 0.717) is 10.1 Å². The Morgan fingerprint density at radius 3 is 2.38 bits per heavy atom. The lowest BCUT2D eigenvalue weighted by Gasteiger charge is -2.08. The molecule has 0 unspecified atom stereocenters. The number of carbonyl (C=O) groups is 1. The molecule has 0 bridgehead atoms. The van der Waals surface area contributed by atoms with Gasteiger partial charge in [-0.15, -0.1) is 0 Å². The average molecular weight is 336 g/mol. The van der Waals surface area contributed by atoms with E-state index in [4.69, 9.17) is 0 Å². The van der Waals surface area contributed by atoms with E-state index in [-0.39, 0.29) is 5.91 Å². The summed E-state index contributed by atoms with van der Waals surface area (Å²) >= 11 is 1.42. The van der Waals surface area contributed by atoms with Crippen LogP contribution in [-0.4, -0.2) is 23.0 Å². The van der Waals surface area contributed by atoms with Crippen LogP contribution in [0, 0.1) is 20.8 Å². The lowest BCUT2D eigenvalue weighted by atomic mass is 10.1. The SMILES string of the molecule is Cc1ccc(/C=C2/SC(=Nc3ccc(C)c(C)c3)N(C)C2=O)cc1. The molecule has 1 saturated heterocycles. The van der Waals surface area contributed by atoms with Crippen LogP contribution in [0.15, 0.2) is 52.4 Å². The zero-order valence-electron chi connectivity index (χ0n) is 14.3. The maximum atomic E-state index is 12.5. The Hall–Kier alpha value is -2.33. The quantitative estimate of drug-likeness (QED) is 0.735. The summed E-state index contributed by atoms with van der Waals surface area (Å²) in [6, 6.07) is 14.2. The molecule has 2 aromatic carbocycles. The Morgan fingerprint density at radius 1 is 1.00 bits per heavy atom. The molecule has 0 spiro atoms. The van der Waals surface area contributed by atoms with E-state index in [1.807, 2.05) is 42.5 Å². The Bertz CT molecular complexity index is 850. The van der Waals surface area contributed by atoms with Crippen molar-refractivity contribution in [3.05, 3.63) is 69.6 Å². The number of thioether (sulfide) groups is 1. The topological polar surface area (TPSA) is 32.7 Å². The van der Waals surface area contributed by atoms with Gasteiger partial charge in [0.25, 0.3) is 5.91 Å². The van der Waals surface area contributed by atoms with E-state index in [1.54, 1.807) is 11.9 Å². The third kappa shape index (κ3) is 3.44. The van der Waals surface area contributed by atoms with Crippen molar-refractivity contribution >= 4 is 34.6 Å². The molecular weight excluding hydrogens is 316 g/mol. The number of hydrogen-bond donors (Lipinski definition) is 0. The van der Waals surface area contributed by atoms with Gasteiger partial charge >= 0.3 is 0 Å². The van der Waals surface area contributed by atoms with Gasteiger partial charge in [-0.05, 0) is 67.4 Å². The standard InChI is InChI=1S/C20H20N2OS/c1-13-5-8-16(9-6-13)12-18-19(23)22(4)20(24-18)21-17-10-7-14(2)15(3)11-17/h5-12H,1-4H3/b18-12+,21-20?. The molecule has 0 N–H and O–H groups in total. The summed E-state index contributed by atoms with van der Waals surface area (Å²) in [5.41, 5.74) is 5.54. The predicted octanol–water partition coefficient (Wildman–Crippen LogP) is 4.85. The highest BCUT2D eigenvalue weighted by Crippen LogP contribution is 2.33. The monoisotopic (exact) mass is 336 g/mol. The molecule has 0 atom stereocenters. The number of benzene rings is 2. The third-order valence-electron chi connectivity index (χ3n) is 4.09. The van der Waals surface area contributed by atoms with Gasteiger partial charge in [0.2, 0.25) is 0 Å². The third-order valence-corrected chi connectivity index (χ3v) is 5.15. The van der Waals surface area contributed by atoms with E-state index in [0.717, 1.165) is 11.3 Å². The highest BCUT2D eigenvalue weighted by Gasteiger charge is 2.30. The Morgan fingerprint density at radius 2 is 1.71 bits per heavy atom. The molecule has 1 amide bonds. The van der Waals surface area contributed by atoms with Crippen LogP contribution in [0.25, 0.3) is 6.08 Å². The van der Waals surface area contributed by atoms with Gasteiger partial charge in [0.15, 0.2) is 5.17 Å². The molecule has 2 aromatic rings. The molecule has 4 heteroatoms. The number of amides is 1. The van der Waals surface area contributed by atoms with E-state index in [2.05, 4.69) is 31.8 Å². The minimum Gasteiger partial charge on any atom is -0.290 e. The van der Waals surface area contributed by atoms with Crippen molar-refractivity contribution in [1.29, 1.82) is 0 Å². The molecule has 24 heavy (non-hydrogen) atoms. The van der Waals surface area contributed by atoms with Crippen LogP contribution >= 0.6 is 11.8 Å². The van der Waals surface area contributed by atoms with E-state index >= 15 is 0 Å². The van der Waals surface area contributed by atoms with Gasteiger partial charge in [-0.1, -0.05) is 35.9 Å². The second kappa shape index (κ2) is 6.65. The number of hydrogen-bond acceptors (Lipinski definition) is 3.